The molecule has 1 fully saturated rings. The van der Waals surface area contributed by atoms with Crippen LogP contribution in [0.3, 0.4) is 0 Å². The zero-order chi connectivity index (χ0) is 18.6. The summed E-state index contributed by atoms with van der Waals surface area (Å²) in [6.07, 6.45) is 4.15. The number of sulfonamides is 1. The van der Waals surface area contributed by atoms with Gasteiger partial charge < -0.3 is 0 Å². The first kappa shape index (κ1) is 18.4. The summed E-state index contributed by atoms with van der Waals surface area (Å²) in [7, 11) is -3.52. The van der Waals surface area contributed by atoms with Gasteiger partial charge in [0.2, 0.25) is 10.0 Å². The Morgan fingerprint density at radius 1 is 1.00 bits per heavy atom. The van der Waals surface area contributed by atoms with Crippen LogP contribution in [0, 0.1) is 22.7 Å². The van der Waals surface area contributed by atoms with Gasteiger partial charge in [-0.05, 0) is 37.1 Å². The van der Waals surface area contributed by atoms with Gasteiger partial charge in [0.15, 0.2) is 0 Å². The molecule has 2 heterocycles. The number of aromatic nitrogens is 1. The van der Waals surface area contributed by atoms with Crippen molar-refractivity contribution in [2.45, 2.75) is 34.1 Å². The molecule has 0 atom stereocenters. The van der Waals surface area contributed by atoms with Crippen molar-refractivity contribution < 1.29 is 8.42 Å². The highest BCUT2D eigenvalue weighted by Gasteiger charge is 2.26. The van der Waals surface area contributed by atoms with E-state index in [0.29, 0.717) is 34.1 Å². The van der Waals surface area contributed by atoms with Gasteiger partial charge in [0.25, 0.3) is 0 Å². The Hall–Kier alpha value is -2.39. The van der Waals surface area contributed by atoms with Crippen LogP contribution in [0.1, 0.15) is 30.4 Å². The van der Waals surface area contributed by atoms with Gasteiger partial charge in [0, 0.05) is 24.2 Å². The van der Waals surface area contributed by atoms with Crippen LogP contribution in [-0.4, -0.2) is 30.8 Å². The molecule has 0 saturated carbocycles. The van der Waals surface area contributed by atoms with Crippen LogP contribution in [0.25, 0.3) is 0 Å². The summed E-state index contributed by atoms with van der Waals surface area (Å²) in [5, 5.41) is 19.0. The molecule has 1 aromatic carbocycles. The third-order valence-corrected chi connectivity index (χ3v) is 7.10. The summed E-state index contributed by atoms with van der Waals surface area (Å²) in [6.45, 7) is 1.08. The molecule has 0 bridgehead atoms. The first-order valence-corrected chi connectivity index (χ1v) is 10.4. The van der Waals surface area contributed by atoms with Crippen LogP contribution in [0.5, 0.6) is 0 Å². The van der Waals surface area contributed by atoms with Crippen molar-refractivity contribution in [3.05, 3.63) is 47.7 Å². The van der Waals surface area contributed by atoms with Crippen LogP contribution < -0.4 is 0 Å². The number of nitrogens with zero attached hydrogens (tertiary/aromatic N) is 4. The summed E-state index contributed by atoms with van der Waals surface area (Å²) < 4.78 is 26.8. The van der Waals surface area contributed by atoms with Gasteiger partial charge in [-0.3, -0.25) is 0 Å². The topological polar surface area (TPSA) is 97.8 Å². The fourth-order valence-corrected chi connectivity index (χ4v) is 5.12. The van der Waals surface area contributed by atoms with Crippen molar-refractivity contribution in [3.63, 3.8) is 0 Å². The molecule has 132 valence electrons. The number of pyridine rings is 1. The standard InChI is InChI=1S/C18H16N4O2S2/c19-11-14-5-4-6-15(12-20)18(14)25-17-8-7-16(13-21-17)26(23,24)22-9-2-1-3-10-22/h4-8,13H,1-3,9-10H2. The maximum absolute atomic E-state index is 12.7. The van der Waals surface area contributed by atoms with Crippen LogP contribution >= 0.6 is 11.8 Å². The first-order chi connectivity index (χ1) is 12.6. The van der Waals surface area contributed by atoms with E-state index < -0.39 is 10.0 Å². The molecule has 26 heavy (non-hydrogen) atoms. The Morgan fingerprint density at radius 2 is 1.65 bits per heavy atom. The number of rotatable bonds is 4. The highest BCUT2D eigenvalue weighted by molar-refractivity contribution is 7.99. The van der Waals surface area contributed by atoms with Gasteiger partial charge in [0.05, 0.1) is 11.1 Å². The third-order valence-electron chi connectivity index (χ3n) is 4.12. The first-order valence-electron chi connectivity index (χ1n) is 8.13. The van der Waals surface area contributed by atoms with E-state index in [9.17, 15) is 18.9 Å². The minimum atomic E-state index is -3.52. The van der Waals surface area contributed by atoms with E-state index in [1.807, 2.05) is 0 Å². The molecule has 0 radical (unpaired) electrons. The SMILES string of the molecule is N#Cc1cccc(C#N)c1Sc1ccc(S(=O)(=O)N2CCCCC2)cn1. The Kier molecular flexibility index (Phi) is 5.58. The summed E-state index contributed by atoms with van der Waals surface area (Å²) in [4.78, 5) is 4.91. The lowest BCUT2D eigenvalue weighted by atomic mass is 10.1. The lowest BCUT2D eigenvalue weighted by Gasteiger charge is -2.25. The quantitative estimate of drug-likeness (QED) is 0.803. The summed E-state index contributed by atoms with van der Waals surface area (Å²) in [5.41, 5.74) is 0.779. The lowest BCUT2D eigenvalue weighted by Crippen LogP contribution is -2.35. The zero-order valence-corrected chi connectivity index (χ0v) is 15.6. The molecule has 0 aliphatic carbocycles. The molecule has 0 amide bonds. The van der Waals surface area contributed by atoms with Crippen molar-refractivity contribution in [2.24, 2.45) is 0 Å². The van der Waals surface area contributed by atoms with Crippen molar-refractivity contribution in [1.29, 1.82) is 10.5 Å². The average molecular weight is 384 g/mol. The predicted molar refractivity (Wildman–Crippen MR) is 96.8 cm³/mol. The molecule has 1 aliphatic heterocycles. The molecule has 0 spiro atoms. The van der Waals surface area contributed by atoms with Crippen molar-refractivity contribution in [3.8, 4) is 12.1 Å². The van der Waals surface area contributed by atoms with Gasteiger partial charge in [-0.25, -0.2) is 13.4 Å². The Balaban J connectivity index is 1.86. The van der Waals surface area contributed by atoms with E-state index in [2.05, 4.69) is 17.1 Å². The van der Waals surface area contributed by atoms with E-state index in [1.165, 1.54) is 28.3 Å². The summed E-state index contributed by atoms with van der Waals surface area (Å²) >= 11 is 1.18. The number of hydrogen-bond donors (Lipinski definition) is 0. The molecule has 8 heteroatoms. The third kappa shape index (κ3) is 3.73. The summed E-state index contributed by atoms with van der Waals surface area (Å²) in [6, 6.07) is 12.2. The Bertz CT molecular complexity index is 951. The maximum Gasteiger partial charge on any atom is 0.244 e. The molecule has 1 aliphatic rings. The summed E-state index contributed by atoms with van der Waals surface area (Å²) in [5.74, 6) is 0. The van der Waals surface area contributed by atoms with E-state index in [4.69, 9.17) is 0 Å². The maximum atomic E-state index is 12.7. The van der Waals surface area contributed by atoms with Crippen LogP contribution in [0.4, 0.5) is 0 Å². The van der Waals surface area contributed by atoms with E-state index in [-0.39, 0.29) is 4.90 Å². The monoisotopic (exact) mass is 384 g/mol. The van der Waals surface area contributed by atoms with Gasteiger partial charge in [-0.15, -0.1) is 0 Å². The highest BCUT2D eigenvalue weighted by atomic mass is 32.2. The molecule has 2 aromatic rings. The molecule has 1 aromatic heterocycles. The minimum Gasteiger partial charge on any atom is -0.248 e. The van der Waals surface area contributed by atoms with Crippen molar-refractivity contribution >= 4 is 21.8 Å². The fraction of sp³-hybridized carbons (Fsp3) is 0.278. The van der Waals surface area contributed by atoms with E-state index in [1.54, 1.807) is 24.3 Å². The van der Waals surface area contributed by atoms with Crippen LogP contribution in [0.15, 0.2) is 51.3 Å². The van der Waals surface area contributed by atoms with E-state index >= 15 is 0 Å². The van der Waals surface area contributed by atoms with E-state index in [0.717, 1.165) is 19.3 Å². The van der Waals surface area contributed by atoms with Crippen molar-refractivity contribution in [2.75, 3.05) is 13.1 Å². The Labute approximate surface area is 157 Å². The second-order valence-corrected chi connectivity index (χ2v) is 8.77. The smallest absolute Gasteiger partial charge is 0.244 e. The molecular formula is C18H16N4O2S2. The molecule has 0 N–H and O–H groups in total. The molecule has 1 saturated heterocycles. The van der Waals surface area contributed by atoms with Crippen molar-refractivity contribution in [1.82, 2.24) is 9.29 Å². The largest absolute Gasteiger partial charge is 0.248 e. The van der Waals surface area contributed by atoms with Gasteiger partial charge in [-0.1, -0.05) is 24.2 Å². The predicted octanol–water partition coefficient (Wildman–Crippen LogP) is 3.15. The molecular weight excluding hydrogens is 368 g/mol. The highest BCUT2D eigenvalue weighted by Crippen LogP contribution is 2.32. The van der Waals surface area contributed by atoms with Crippen LogP contribution in [0.2, 0.25) is 0 Å². The van der Waals surface area contributed by atoms with Gasteiger partial charge in [-0.2, -0.15) is 14.8 Å². The van der Waals surface area contributed by atoms with Gasteiger partial charge >= 0.3 is 0 Å². The number of nitriles is 2. The fourth-order valence-electron chi connectivity index (χ4n) is 2.76. The average Bonchev–Trinajstić information content (AvgIpc) is 2.69. The lowest BCUT2D eigenvalue weighted by molar-refractivity contribution is 0.346. The zero-order valence-electron chi connectivity index (χ0n) is 13.9. The second kappa shape index (κ2) is 7.88. The number of benzene rings is 1. The normalized spacial score (nSPS) is 15.2. The van der Waals surface area contributed by atoms with Gasteiger partial charge in [0.1, 0.15) is 22.1 Å². The van der Waals surface area contributed by atoms with Crippen LogP contribution in [-0.2, 0) is 10.0 Å². The molecule has 6 nitrogen and oxygen atoms in total. The minimum absolute atomic E-state index is 0.165. The molecule has 3 rings (SSSR count). The number of piperidine rings is 1. The Morgan fingerprint density at radius 3 is 2.19 bits per heavy atom. The second-order valence-electron chi connectivity index (χ2n) is 5.80. The molecule has 0 unspecified atom stereocenters. The number of hydrogen-bond acceptors (Lipinski definition) is 6.